The van der Waals surface area contributed by atoms with Crippen LogP contribution in [0.4, 0.5) is 17.6 Å². The van der Waals surface area contributed by atoms with Crippen LogP contribution in [0.1, 0.15) is 46.9 Å². The summed E-state index contributed by atoms with van der Waals surface area (Å²) in [4.78, 5) is 15.0. The van der Waals surface area contributed by atoms with Crippen molar-refractivity contribution in [1.29, 1.82) is 0 Å². The Hall–Kier alpha value is -3.20. The third kappa shape index (κ3) is 5.47. The Kier molecular flexibility index (Phi) is 7.02. The number of rotatable bonds is 6. The van der Waals surface area contributed by atoms with Gasteiger partial charge in [0.05, 0.1) is 11.8 Å². The lowest BCUT2D eigenvalue weighted by Crippen LogP contribution is -2.33. The minimum Gasteiger partial charge on any atom is -0.348 e. The number of hydrogen-bond donors (Lipinski definition) is 1. The second-order valence-electron chi connectivity index (χ2n) is 8.75. The summed E-state index contributed by atoms with van der Waals surface area (Å²) in [5, 5.41) is 6.17. The zero-order valence-corrected chi connectivity index (χ0v) is 18.8. The number of carbonyl (C=O) groups excluding carboxylic acids is 1. The molecular weight excluding hydrogens is 448 g/mol. The molecule has 5 nitrogen and oxygen atoms in total. The van der Waals surface area contributed by atoms with Gasteiger partial charge in [0, 0.05) is 19.6 Å². The summed E-state index contributed by atoms with van der Waals surface area (Å²) in [6, 6.07) is 12.6. The standard InChI is InChI=1S/C25H26F4N4O/c1-17-5-4-12-32(15-17)16-19-10-8-18(9-11-19)13-30-24(34)20-14-31-33(23(20)25(27,28)29)22-7-3-2-6-21(22)26/h2-3,6-11,14,17H,4-5,12-13,15-16H2,1H3,(H,30,34). The van der Waals surface area contributed by atoms with Gasteiger partial charge in [-0.05, 0) is 48.6 Å². The monoisotopic (exact) mass is 474 g/mol. The number of para-hydroxylation sites is 1. The van der Waals surface area contributed by atoms with Crippen molar-refractivity contribution in [2.45, 2.75) is 39.0 Å². The number of piperidine rings is 1. The van der Waals surface area contributed by atoms with Gasteiger partial charge in [0.25, 0.3) is 5.91 Å². The van der Waals surface area contributed by atoms with Gasteiger partial charge in [-0.3, -0.25) is 9.69 Å². The Bertz CT molecular complexity index is 1140. The molecule has 1 saturated heterocycles. The van der Waals surface area contributed by atoms with Crippen molar-refractivity contribution in [2.75, 3.05) is 13.1 Å². The number of nitrogens with zero attached hydrogens (tertiary/aromatic N) is 3. The van der Waals surface area contributed by atoms with Crippen LogP contribution < -0.4 is 5.32 Å². The number of hydrogen-bond acceptors (Lipinski definition) is 3. The number of halogens is 4. The SMILES string of the molecule is CC1CCCN(Cc2ccc(CNC(=O)c3cnn(-c4ccccc4F)c3C(F)(F)F)cc2)C1. The number of nitrogens with one attached hydrogen (secondary N) is 1. The molecule has 1 amide bonds. The molecule has 1 N–H and O–H groups in total. The molecule has 0 saturated carbocycles. The molecule has 1 aliphatic heterocycles. The molecule has 180 valence electrons. The Morgan fingerprint density at radius 2 is 1.82 bits per heavy atom. The van der Waals surface area contributed by atoms with Crippen LogP contribution in [0.25, 0.3) is 5.69 Å². The number of likely N-dealkylation sites (tertiary alicyclic amines) is 1. The number of benzene rings is 2. The van der Waals surface area contributed by atoms with Gasteiger partial charge < -0.3 is 5.32 Å². The summed E-state index contributed by atoms with van der Waals surface area (Å²) >= 11 is 0. The van der Waals surface area contributed by atoms with Crippen LogP contribution in [-0.2, 0) is 19.3 Å². The van der Waals surface area contributed by atoms with Crippen LogP contribution in [0.3, 0.4) is 0 Å². The predicted molar refractivity (Wildman–Crippen MR) is 120 cm³/mol. The highest BCUT2D eigenvalue weighted by molar-refractivity contribution is 5.95. The van der Waals surface area contributed by atoms with E-state index in [1.165, 1.54) is 31.0 Å². The van der Waals surface area contributed by atoms with E-state index in [1.807, 2.05) is 24.3 Å². The molecule has 4 rings (SSSR count). The van der Waals surface area contributed by atoms with Crippen LogP contribution in [-0.4, -0.2) is 33.7 Å². The number of carbonyl (C=O) groups is 1. The first-order chi connectivity index (χ1) is 16.2. The number of amides is 1. The lowest BCUT2D eigenvalue weighted by atomic mass is 9.99. The summed E-state index contributed by atoms with van der Waals surface area (Å²) in [5.74, 6) is -1.11. The van der Waals surface area contributed by atoms with Crippen LogP contribution in [0.5, 0.6) is 0 Å². The summed E-state index contributed by atoms with van der Waals surface area (Å²) in [7, 11) is 0. The number of aromatic nitrogens is 2. The largest absolute Gasteiger partial charge is 0.434 e. The van der Waals surface area contributed by atoms with Gasteiger partial charge >= 0.3 is 6.18 Å². The van der Waals surface area contributed by atoms with Crippen LogP contribution in [0, 0.1) is 11.7 Å². The van der Waals surface area contributed by atoms with Crippen molar-refractivity contribution in [3.63, 3.8) is 0 Å². The summed E-state index contributed by atoms with van der Waals surface area (Å²) in [6.45, 7) is 5.30. The molecule has 0 spiro atoms. The van der Waals surface area contributed by atoms with E-state index in [2.05, 4.69) is 22.2 Å². The van der Waals surface area contributed by atoms with Crippen LogP contribution >= 0.6 is 0 Å². The van der Waals surface area contributed by atoms with Crippen molar-refractivity contribution >= 4 is 5.91 Å². The van der Waals surface area contributed by atoms with Gasteiger partial charge in [0.2, 0.25) is 0 Å². The van der Waals surface area contributed by atoms with Crippen LogP contribution in [0.2, 0.25) is 0 Å². The molecule has 0 bridgehead atoms. The Labute approximate surface area is 195 Å². The van der Waals surface area contributed by atoms with Gasteiger partial charge in [0.1, 0.15) is 11.5 Å². The van der Waals surface area contributed by atoms with Crippen molar-refractivity contribution < 1.29 is 22.4 Å². The first kappa shape index (κ1) is 23.9. The average Bonchev–Trinajstić information content (AvgIpc) is 3.25. The fraction of sp³-hybridized carbons (Fsp3) is 0.360. The Morgan fingerprint density at radius 3 is 2.50 bits per heavy atom. The molecule has 3 aromatic rings. The molecule has 9 heteroatoms. The average molecular weight is 475 g/mol. The first-order valence-electron chi connectivity index (χ1n) is 11.2. The molecule has 1 unspecified atom stereocenters. The molecule has 1 fully saturated rings. The van der Waals surface area contributed by atoms with E-state index in [4.69, 9.17) is 0 Å². The second-order valence-corrected chi connectivity index (χ2v) is 8.75. The lowest BCUT2D eigenvalue weighted by Gasteiger charge is -2.30. The van der Waals surface area contributed by atoms with E-state index >= 15 is 0 Å². The van der Waals surface area contributed by atoms with E-state index in [-0.39, 0.29) is 12.2 Å². The maximum atomic E-state index is 14.1. The Morgan fingerprint density at radius 1 is 1.12 bits per heavy atom. The normalized spacial score (nSPS) is 17.0. The summed E-state index contributed by atoms with van der Waals surface area (Å²) in [6.07, 6.45) is -1.64. The predicted octanol–water partition coefficient (Wildman–Crippen LogP) is 5.19. The van der Waals surface area contributed by atoms with Crippen LogP contribution in [0.15, 0.2) is 54.7 Å². The molecule has 2 aromatic carbocycles. The van der Waals surface area contributed by atoms with E-state index in [0.29, 0.717) is 10.6 Å². The van der Waals surface area contributed by atoms with Gasteiger partial charge in [-0.25, -0.2) is 9.07 Å². The molecule has 1 aromatic heterocycles. The minimum absolute atomic E-state index is 0.0576. The van der Waals surface area contributed by atoms with Gasteiger partial charge in [-0.15, -0.1) is 0 Å². The van der Waals surface area contributed by atoms with Crippen molar-refractivity contribution in [1.82, 2.24) is 20.0 Å². The first-order valence-corrected chi connectivity index (χ1v) is 11.2. The highest BCUT2D eigenvalue weighted by Crippen LogP contribution is 2.34. The topological polar surface area (TPSA) is 50.2 Å². The molecule has 1 aliphatic rings. The molecule has 0 radical (unpaired) electrons. The third-order valence-corrected chi connectivity index (χ3v) is 5.99. The summed E-state index contributed by atoms with van der Waals surface area (Å²) in [5.41, 5.74) is -0.450. The number of alkyl halides is 3. The molecule has 2 heterocycles. The van der Waals surface area contributed by atoms with Gasteiger partial charge in [-0.1, -0.05) is 43.3 Å². The summed E-state index contributed by atoms with van der Waals surface area (Å²) < 4.78 is 55.8. The molecule has 34 heavy (non-hydrogen) atoms. The van der Waals surface area contributed by atoms with Gasteiger partial charge in [0.15, 0.2) is 5.69 Å². The highest BCUT2D eigenvalue weighted by atomic mass is 19.4. The highest BCUT2D eigenvalue weighted by Gasteiger charge is 2.41. The van der Waals surface area contributed by atoms with Crippen molar-refractivity contribution in [3.05, 3.63) is 82.9 Å². The molecular formula is C25H26F4N4O. The quantitative estimate of drug-likeness (QED) is 0.500. The fourth-order valence-corrected chi connectivity index (χ4v) is 4.32. The fourth-order valence-electron chi connectivity index (χ4n) is 4.32. The van der Waals surface area contributed by atoms with E-state index in [1.54, 1.807) is 0 Å². The maximum Gasteiger partial charge on any atom is 0.434 e. The van der Waals surface area contributed by atoms with Crippen molar-refractivity contribution in [2.24, 2.45) is 5.92 Å². The Balaban J connectivity index is 1.44. The maximum absolute atomic E-state index is 14.1. The second kappa shape index (κ2) is 9.97. The van der Waals surface area contributed by atoms with Crippen molar-refractivity contribution in [3.8, 4) is 5.69 Å². The zero-order chi connectivity index (χ0) is 24.3. The van der Waals surface area contributed by atoms with E-state index in [9.17, 15) is 22.4 Å². The zero-order valence-electron chi connectivity index (χ0n) is 18.8. The molecule has 0 aliphatic carbocycles. The smallest absolute Gasteiger partial charge is 0.348 e. The van der Waals surface area contributed by atoms with E-state index in [0.717, 1.165) is 43.0 Å². The minimum atomic E-state index is -4.90. The van der Waals surface area contributed by atoms with Gasteiger partial charge in [-0.2, -0.15) is 18.3 Å². The molecule has 1 atom stereocenters. The van der Waals surface area contributed by atoms with E-state index < -0.39 is 29.2 Å². The lowest BCUT2D eigenvalue weighted by molar-refractivity contribution is -0.143. The third-order valence-electron chi connectivity index (χ3n) is 5.99.